The quantitative estimate of drug-likeness (QED) is 0.746. The third-order valence-electron chi connectivity index (χ3n) is 2.82. The van der Waals surface area contributed by atoms with E-state index in [1.165, 1.54) is 5.56 Å². The van der Waals surface area contributed by atoms with Crippen molar-refractivity contribution in [1.82, 2.24) is 20.2 Å². The average Bonchev–Trinajstić information content (AvgIpc) is 2.88. The molecular formula is C14H11BrN4. The fourth-order valence-electron chi connectivity index (χ4n) is 1.90. The smallest absolute Gasteiger partial charge is 0.183 e. The zero-order valence-electron chi connectivity index (χ0n) is 10.1. The highest BCUT2D eigenvalue weighted by Gasteiger charge is 2.11. The number of hydrogen-bond donors (Lipinski definition) is 0. The molecule has 0 aliphatic carbocycles. The lowest BCUT2D eigenvalue weighted by Crippen LogP contribution is -2.04. The maximum absolute atomic E-state index is 4.12. The molecule has 0 saturated heterocycles. The van der Waals surface area contributed by atoms with Crippen LogP contribution in [0.2, 0.25) is 0 Å². The minimum Gasteiger partial charge on any atom is -0.221 e. The van der Waals surface area contributed by atoms with Crippen LogP contribution in [0.3, 0.4) is 0 Å². The van der Waals surface area contributed by atoms with Crippen molar-refractivity contribution >= 4 is 15.9 Å². The number of rotatable bonds is 3. The van der Waals surface area contributed by atoms with Crippen LogP contribution in [0.5, 0.6) is 0 Å². The molecule has 0 aliphatic heterocycles. The summed E-state index contributed by atoms with van der Waals surface area (Å²) in [6, 6.07) is 18.1. The molecule has 3 aromatic rings. The normalized spacial score (nSPS) is 10.6. The van der Waals surface area contributed by atoms with Gasteiger partial charge in [-0.25, -0.2) is 4.68 Å². The molecule has 0 saturated carbocycles. The van der Waals surface area contributed by atoms with E-state index >= 15 is 0 Å². The summed E-state index contributed by atoms with van der Waals surface area (Å²) in [6.07, 6.45) is 0. The standard InChI is InChI=1S/C14H11BrN4/c15-13-9-5-4-8-12(13)14-16-17-18-19(14)10-11-6-2-1-3-7-11/h1-9H,10H2. The van der Waals surface area contributed by atoms with Gasteiger partial charge in [-0.2, -0.15) is 0 Å². The molecule has 94 valence electrons. The Labute approximate surface area is 119 Å². The first-order valence-electron chi connectivity index (χ1n) is 5.89. The highest BCUT2D eigenvalue weighted by molar-refractivity contribution is 9.10. The first kappa shape index (κ1) is 12.0. The predicted molar refractivity (Wildman–Crippen MR) is 76.5 cm³/mol. The number of hydrogen-bond acceptors (Lipinski definition) is 3. The Morgan fingerprint density at radius 2 is 1.68 bits per heavy atom. The topological polar surface area (TPSA) is 43.6 Å². The van der Waals surface area contributed by atoms with Crippen LogP contribution in [0.15, 0.2) is 59.1 Å². The lowest BCUT2D eigenvalue weighted by atomic mass is 10.2. The summed E-state index contributed by atoms with van der Waals surface area (Å²) in [6.45, 7) is 0.657. The van der Waals surface area contributed by atoms with Gasteiger partial charge in [0.2, 0.25) is 0 Å². The average molecular weight is 315 g/mol. The van der Waals surface area contributed by atoms with E-state index in [2.05, 4.69) is 43.6 Å². The fraction of sp³-hybridized carbons (Fsp3) is 0.0714. The third kappa shape index (κ3) is 2.56. The maximum Gasteiger partial charge on any atom is 0.183 e. The highest BCUT2D eigenvalue weighted by Crippen LogP contribution is 2.25. The molecule has 0 unspecified atom stereocenters. The Morgan fingerprint density at radius 3 is 2.47 bits per heavy atom. The van der Waals surface area contributed by atoms with E-state index in [0.717, 1.165) is 15.9 Å². The van der Waals surface area contributed by atoms with Crippen LogP contribution in [-0.4, -0.2) is 20.2 Å². The summed E-state index contributed by atoms with van der Waals surface area (Å²) in [5.41, 5.74) is 2.16. The van der Waals surface area contributed by atoms with E-state index in [1.807, 2.05) is 42.5 Å². The Balaban J connectivity index is 1.98. The minimum absolute atomic E-state index is 0.657. The molecule has 0 amide bonds. The van der Waals surface area contributed by atoms with Gasteiger partial charge >= 0.3 is 0 Å². The second-order valence-electron chi connectivity index (χ2n) is 4.13. The third-order valence-corrected chi connectivity index (χ3v) is 3.51. The number of aromatic nitrogens is 4. The van der Waals surface area contributed by atoms with Crippen molar-refractivity contribution < 1.29 is 0 Å². The largest absolute Gasteiger partial charge is 0.221 e. The van der Waals surface area contributed by atoms with Crippen molar-refractivity contribution in [3.05, 3.63) is 64.6 Å². The predicted octanol–water partition coefficient (Wildman–Crippen LogP) is 3.15. The van der Waals surface area contributed by atoms with Gasteiger partial charge in [0.1, 0.15) is 0 Å². The van der Waals surface area contributed by atoms with Crippen molar-refractivity contribution in [3.63, 3.8) is 0 Å². The number of benzene rings is 2. The molecule has 0 atom stereocenters. The molecule has 0 fully saturated rings. The lowest BCUT2D eigenvalue weighted by molar-refractivity contribution is 0.653. The van der Waals surface area contributed by atoms with Gasteiger partial charge in [-0.1, -0.05) is 58.4 Å². The molecule has 5 heteroatoms. The van der Waals surface area contributed by atoms with Crippen LogP contribution < -0.4 is 0 Å². The van der Waals surface area contributed by atoms with Gasteiger partial charge in [-0.05, 0) is 28.1 Å². The molecule has 1 heterocycles. The van der Waals surface area contributed by atoms with Gasteiger partial charge in [0, 0.05) is 10.0 Å². The van der Waals surface area contributed by atoms with E-state index < -0.39 is 0 Å². The molecule has 1 aromatic heterocycles. The van der Waals surface area contributed by atoms with Crippen LogP contribution >= 0.6 is 15.9 Å². The van der Waals surface area contributed by atoms with E-state index in [0.29, 0.717) is 6.54 Å². The second-order valence-corrected chi connectivity index (χ2v) is 4.98. The van der Waals surface area contributed by atoms with Crippen molar-refractivity contribution in [2.45, 2.75) is 6.54 Å². The summed E-state index contributed by atoms with van der Waals surface area (Å²) in [4.78, 5) is 0. The van der Waals surface area contributed by atoms with Crippen LogP contribution in [-0.2, 0) is 6.54 Å². The summed E-state index contributed by atoms with van der Waals surface area (Å²) in [5, 5.41) is 12.0. The highest BCUT2D eigenvalue weighted by atomic mass is 79.9. The molecule has 3 rings (SSSR count). The van der Waals surface area contributed by atoms with E-state index in [4.69, 9.17) is 0 Å². The number of nitrogens with zero attached hydrogens (tertiary/aromatic N) is 4. The van der Waals surface area contributed by atoms with Gasteiger partial charge < -0.3 is 0 Å². The Hall–Kier alpha value is -2.01. The monoisotopic (exact) mass is 314 g/mol. The van der Waals surface area contributed by atoms with Crippen molar-refractivity contribution in [2.75, 3.05) is 0 Å². The molecular weight excluding hydrogens is 304 g/mol. The SMILES string of the molecule is Brc1ccccc1-c1nnnn1Cc1ccccc1. The first-order valence-corrected chi connectivity index (χ1v) is 6.69. The van der Waals surface area contributed by atoms with Crippen LogP contribution in [0.4, 0.5) is 0 Å². The van der Waals surface area contributed by atoms with Gasteiger partial charge in [0.15, 0.2) is 5.82 Å². The molecule has 0 radical (unpaired) electrons. The Kier molecular flexibility index (Phi) is 3.37. The van der Waals surface area contributed by atoms with Gasteiger partial charge in [0.05, 0.1) is 6.54 Å². The van der Waals surface area contributed by atoms with Crippen molar-refractivity contribution in [2.24, 2.45) is 0 Å². The number of halogens is 1. The molecule has 0 bridgehead atoms. The second kappa shape index (κ2) is 5.32. The fourth-order valence-corrected chi connectivity index (χ4v) is 2.37. The molecule has 4 nitrogen and oxygen atoms in total. The van der Waals surface area contributed by atoms with E-state index in [9.17, 15) is 0 Å². The zero-order chi connectivity index (χ0) is 13.1. The number of tetrazole rings is 1. The molecule has 0 N–H and O–H groups in total. The van der Waals surface area contributed by atoms with Gasteiger partial charge in [0.25, 0.3) is 0 Å². The maximum atomic E-state index is 4.12. The summed E-state index contributed by atoms with van der Waals surface area (Å²) < 4.78 is 2.79. The van der Waals surface area contributed by atoms with Gasteiger partial charge in [-0.15, -0.1) is 5.10 Å². The van der Waals surface area contributed by atoms with Gasteiger partial charge in [-0.3, -0.25) is 0 Å². The van der Waals surface area contributed by atoms with Crippen LogP contribution in [0.25, 0.3) is 11.4 Å². The summed E-state index contributed by atoms with van der Waals surface area (Å²) in [7, 11) is 0. The minimum atomic E-state index is 0.657. The van der Waals surface area contributed by atoms with Crippen molar-refractivity contribution in [1.29, 1.82) is 0 Å². The van der Waals surface area contributed by atoms with Crippen molar-refractivity contribution in [3.8, 4) is 11.4 Å². The zero-order valence-corrected chi connectivity index (χ0v) is 11.7. The summed E-state index contributed by atoms with van der Waals surface area (Å²) in [5.74, 6) is 0.760. The first-order chi connectivity index (χ1) is 9.34. The van der Waals surface area contributed by atoms with Crippen LogP contribution in [0.1, 0.15) is 5.56 Å². The Bertz CT molecular complexity index is 679. The van der Waals surface area contributed by atoms with Crippen LogP contribution in [0, 0.1) is 0 Å². The molecule has 2 aromatic carbocycles. The van der Waals surface area contributed by atoms with E-state index in [-0.39, 0.29) is 0 Å². The lowest BCUT2D eigenvalue weighted by Gasteiger charge is -2.06. The van der Waals surface area contributed by atoms with E-state index in [1.54, 1.807) is 4.68 Å². The Morgan fingerprint density at radius 1 is 0.947 bits per heavy atom. The molecule has 0 aliphatic rings. The summed E-state index contributed by atoms with van der Waals surface area (Å²) >= 11 is 3.53. The molecule has 19 heavy (non-hydrogen) atoms. The molecule has 0 spiro atoms.